The highest BCUT2D eigenvalue weighted by molar-refractivity contribution is 5.94. The molecule has 1 atom stereocenters. The first-order valence-corrected chi connectivity index (χ1v) is 9.39. The molecule has 1 unspecified atom stereocenters. The number of carbonyl (C=O) groups excluding carboxylic acids is 1. The molecule has 1 heterocycles. The lowest BCUT2D eigenvalue weighted by molar-refractivity contribution is 0.0932. The van der Waals surface area contributed by atoms with E-state index in [0.29, 0.717) is 11.4 Å². The number of hydrogen-bond acceptors (Lipinski definition) is 2. The van der Waals surface area contributed by atoms with E-state index in [1.54, 1.807) is 22.9 Å². The van der Waals surface area contributed by atoms with Crippen LogP contribution in [-0.2, 0) is 0 Å². The van der Waals surface area contributed by atoms with Crippen molar-refractivity contribution in [1.82, 2.24) is 15.1 Å². The first-order chi connectivity index (χ1) is 14.1. The van der Waals surface area contributed by atoms with Gasteiger partial charge in [0.05, 0.1) is 17.4 Å². The summed E-state index contributed by atoms with van der Waals surface area (Å²) in [6.07, 6.45) is 0. The van der Waals surface area contributed by atoms with Crippen LogP contribution in [0.15, 0.2) is 91.0 Å². The van der Waals surface area contributed by atoms with Gasteiger partial charge in [-0.25, -0.2) is 9.07 Å². The van der Waals surface area contributed by atoms with Crippen LogP contribution in [0, 0.1) is 5.82 Å². The SMILES string of the molecule is CC(NC(=O)c1cc(-c2ccccc2)nn1-c1ccccc1)c1ccc(F)cc1. The fourth-order valence-electron chi connectivity index (χ4n) is 3.16. The quantitative estimate of drug-likeness (QED) is 0.515. The molecule has 4 aromatic rings. The van der Waals surface area contributed by atoms with Gasteiger partial charge in [0.15, 0.2) is 0 Å². The minimum atomic E-state index is -0.304. The Bertz CT molecular complexity index is 1110. The first kappa shape index (κ1) is 18.6. The summed E-state index contributed by atoms with van der Waals surface area (Å²) in [5, 5.41) is 7.65. The highest BCUT2D eigenvalue weighted by Gasteiger charge is 2.19. The molecule has 0 saturated heterocycles. The second-order valence-electron chi connectivity index (χ2n) is 6.77. The predicted molar refractivity (Wildman–Crippen MR) is 111 cm³/mol. The third-order valence-electron chi connectivity index (χ3n) is 4.73. The number of carbonyl (C=O) groups is 1. The molecule has 0 radical (unpaired) electrons. The number of aromatic nitrogens is 2. The topological polar surface area (TPSA) is 46.9 Å². The van der Waals surface area contributed by atoms with Crippen molar-refractivity contribution in [1.29, 1.82) is 0 Å². The second-order valence-corrected chi connectivity index (χ2v) is 6.77. The van der Waals surface area contributed by atoms with Crippen LogP contribution in [0.2, 0.25) is 0 Å². The highest BCUT2D eigenvalue weighted by Crippen LogP contribution is 2.22. The molecule has 0 bridgehead atoms. The lowest BCUT2D eigenvalue weighted by Crippen LogP contribution is -2.28. The van der Waals surface area contributed by atoms with Crippen LogP contribution < -0.4 is 5.32 Å². The third kappa shape index (κ3) is 4.09. The normalized spacial score (nSPS) is 11.8. The lowest BCUT2D eigenvalue weighted by atomic mass is 10.1. The van der Waals surface area contributed by atoms with Crippen LogP contribution in [-0.4, -0.2) is 15.7 Å². The Morgan fingerprint density at radius 3 is 2.21 bits per heavy atom. The van der Waals surface area contributed by atoms with Crippen molar-refractivity contribution in [2.24, 2.45) is 0 Å². The van der Waals surface area contributed by atoms with Crippen LogP contribution in [0.4, 0.5) is 4.39 Å². The molecule has 4 rings (SSSR count). The van der Waals surface area contributed by atoms with Gasteiger partial charge in [-0.05, 0) is 42.8 Å². The number of para-hydroxylation sites is 1. The van der Waals surface area contributed by atoms with Crippen LogP contribution in [0.3, 0.4) is 0 Å². The van der Waals surface area contributed by atoms with Gasteiger partial charge in [0.1, 0.15) is 11.5 Å². The minimum Gasteiger partial charge on any atom is -0.344 e. The van der Waals surface area contributed by atoms with Gasteiger partial charge in [-0.2, -0.15) is 5.10 Å². The van der Waals surface area contributed by atoms with Gasteiger partial charge >= 0.3 is 0 Å². The van der Waals surface area contributed by atoms with Crippen LogP contribution in [0.1, 0.15) is 29.0 Å². The van der Waals surface area contributed by atoms with E-state index in [4.69, 9.17) is 0 Å². The second kappa shape index (κ2) is 8.10. The molecule has 0 aliphatic rings. The van der Waals surface area contributed by atoms with E-state index in [2.05, 4.69) is 10.4 Å². The monoisotopic (exact) mass is 385 g/mol. The van der Waals surface area contributed by atoms with Gasteiger partial charge in [-0.15, -0.1) is 0 Å². The van der Waals surface area contributed by atoms with E-state index >= 15 is 0 Å². The summed E-state index contributed by atoms with van der Waals surface area (Å²) in [7, 11) is 0. The Morgan fingerprint density at radius 2 is 1.55 bits per heavy atom. The average molecular weight is 385 g/mol. The molecule has 1 aromatic heterocycles. The lowest BCUT2D eigenvalue weighted by Gasteiger charge is -2.15. The molecule has 144 valence electrons. The first-order valence-electron chi connectivity index (χ1n) is 9.39. The number of amides is 1. The summed E-state index contributed by atoms with van der Waals surface area (Å²) < 4.78 is 14.8. The van der Waals surface area contributed by atoms with Crippen LogP contribution in [0.5, 0.6) is 0 Å². The fraction of sp³-hybridized carbons (Fsp3) is 0.0833. The van der Waals surface area contributed by atoms with E-state index in [9.17, 15) is 9.18 Å². The summed E-state index contributed by atoms with van der Waals surface area (Å²) >= 11 is 0. The molecule has 5 heteroatoms. The number of nitrogens with one attached hydrogen (secondary N) is 1. The predicted octanol–water partition coefficient (Wildman–Crippen LogP) is 5.17. The highest BCUT2D eigenvalue weighted by atomic mass is 19.1. The fourth-order valence-corrected chi connectivity index (χ4v) is 3.16. The molecule has 3 aromatic carbocycles. The Morgan fingerprint density at radius 1 is 0.931 bits per heavy atom. The molecular formula is C24H20FN3O. The molecule has 0 saturated carbocycles. The Labute approximate surface area is 168 Å². The zero-order valence-electron chi connectivity index (χ0n) is 15.9. The number of rotatable bonds is 5. The maximum Gasteiger partial charge on any atom is 0.270 e. The summed E-state index contributed by atoms with van der Waals surface area (Å²) in [6.45, 7) is 1.87. The molecular weight excluding hydrogens is 365 g/mol. The van der Waals surface area contributed by atoms with Crippen molar-refractivity contribution in [3.8, 4) is 16.9 Å². The van der Waals surface area contributed by atoms with Crippen molar-refractivity contribution in [2.45, 2.75) is 13.0 Å². The van der Waals surface area contributed by atoms with E-state index < -0.39 is 0 Å². The summed E-state index contributed by atoms with van der Waals surface area (Å²) in [5.41, 5.74) is 3.71. The van der Waals surface area contributed by atoms with Crippen molar-refractivity contribution in [2.75, 3.05) is 0 Å². The van der Waals surface area contributed by atoms with Gasteiger partial charge < -0.3 is 5.32 Å². The largest absolute Gasteiger partial charge is 0.344 e. The molecule has 29 heavy (non-hydrogen) atoms. The number of nitrogens with zero attached hydrogens (tertiary/aromatic N) is 2. The standard InChI is InChI=1S/C24H20FN3O/c1-17(18-12-14-20(25)15-13-18)26-24(29)23-16-22(19-8-4-2-5-9-19)27-28(23)21-10-6-3-7-11-21/h2-17H,1H3,(H,26,29). The molecule has 0 aliphatic carbocycles. The maximum absolute atomic E-state index is 13.2. The van der Waals surface area contributed by atoms with Gasteiger partial charge in [0, 0.05) is 5.56 Å². The van der Waals surface area contributed by atoms with Gasteiger partial charge in [0.25, 0.3) is 5.91 Å². The van der Waals surface area contributed by atoms with Crippen molar-refractivity contribution >= 4 is 5.91 Å². The number of halogens is 1. The molecule has 0 spiro atoms. The summed E-state index contributed by atoms with van der Waals surface area (Å²) in [6, 6.07) is 26.9. The zero-order valence-corrected chi connectivity index (χ0v) is 15.9. The van der Waals surface area contributed by atoms with Gasteiger partial charge in [-0.3, -0.25) is 4.79 Å². The van der Waals surface area contributed by atoms with Crippen molar-refractivity contribution in [3.05, 3.63) is 108 Å². The third-order valence-corrected chi connectivity index (χ3v) is 4.73. The van der Waals surface area contributed by atoms with Gasteiger partial charge in [-0.1, -0.05) is 60.7 Å². The summed E-state index contributed by atoms with van der Waals surface area (Å²) in [5.74, 6) is -0.553. The minimum absolute atomic E-state index is 0.250. The average Bonchev–Trinajstić information content (AvgIpc) is 3.21. The summed E-state index contributed by atoms with van der Waals surface area (Å²) in [4.78, 5) is 13.1. The van der Waals surface area contributed by atoms with E-state index in [-0.39, 0.29) is 17.8 Å². The number of hydrogen-bond donors (Lipinski definition) is 1. The van der Waals surface area contributed by atoms with Crippen LogP contribution in [0.25, 0.3) is 16.9 Å². The molecule has 1 N–H and O–H groups in total. The maximum atomic E-state index is 13.2. The van der Waals surface area contributed by atoms with E-state index in [0.717, 1.165) is 16.8 Å². The Balaban J connectivity index is 1.68. The molecule has 4 nitrogen and oxygen atoms in total. The molecule has 1 amide bonds. The van der Waals surface area contributed by atoms with Crippen molar-refractivity contribution in [3.63, 3.8) is 0 Å². The van der Waals surface area contributed by atoms with E-state index in [1.165, 1.54) is 12.1 Å². The number of benzene rings is 3. The molecule has 0 fully saturated rings. The van der Waals surface area contributed by atoms with Crippen molar-refractivity contribution < 1.29 is 9.18 Å². The Kier molecular flexibility index (Phi) is 5.20. The van der Waals surface area contributed by atoms with Crippen LogP contribution >= 0.6 is 0 Å². The smallest absolute Gasteiger partial charge is 0.270 e. The molecule has 0 aliphatic heterocycles. The van der Waals surface area contributed by atoms with Gasteiger partial charge in [0.2, 0.25) is 0 Å². The van der Waals surface area contributed by atoms with E-state index in [1.807, 2.05) is 67.6 Å². The zero-order chi connectivity index (χ0) is 20.2. The Hall–Kier alpha value is -3.73.